The van der Waals surface area contributed by atoms with E-state index in [0.29, 0.717) is 5.56 Å². The molecule has 21 heavy (non-hydrogen) atoms. The van der Waals surface area contributed by atoms with Crippen LogP contribution in [0.3, 0.4) is 0 Å². The molecule has 4 N–H and O–H groups in total. The number of carboxylic acids is 1. The predicted octanol–water partition coefficient (Wildman–Crippen LogP) is 1.58. The smallest absolute Gasteiger partial charge is 0.416 e. The van der Waals surface area contributed by atoms with Gasteiger partial charge in [0.25, 0.3) is 0 Å². The molecule has 1 aromatic carbocycles. The summed E-state index contributed by atoms with van der Waals surface area (Å²) in [5.41, 5.74) is -0.585. The summed E-state index contributed by atoms with van der Waals surface area (Å²) in [5, 5.41) is 21.6. The Morgan fingerprint density at radius 1 is 1.33 bits per heavy atom. The topological polar surface area (TPSA) is 98.7 Å². The third kappa shape index (κ3) is 4.95. The van der Waals surface area contributed by atoms with Crippen molar-refractivity contribution in [2.45, 2.75) is 19.2 Å². The van der Waals surface area contributed by atoms with Gasteiger partial charge in [0.15, 0.2) is 6.10 Å². The molecule has 0 aromatic heterocycles. The summed E-state index contributed by atoms with van der Waals surface area (Å²) >= 11 is 0. The highest BCUT2D eigenvalue weighted by molar-refractivity contribution is 5.90. The average molecular weight is 306 g/mol. The summed E-state index contributed by atoms with van der Waals surface area (Å²) in [7, 11) is 0. The van der Waals surface area contributed by atoms with E-state index in [4.69, 9.17) is 10.2 Å². The number of rotatable bonds is 4. The number of carbonyl (C=O) groups is 2. The predicted molar refractivity (Wildman–Crippen MR) is 66.8 cm³/mol. The molecule has 0 radical (unpaired) electrons. The van der Waals surface area contributed by atoms with Gasteiger partial charge in [0.05, 0.1) is 12.1 Å². The Kier molecular flexibility index (Phi) is 5.14. The van der Waals surface area contributed by atoms with E-state index in [9.17, 15) is 22.8 Å². The van der Waals surface area contributed by atoms with Crippen molar-refractivity contribution in [2.24, 2.45) is 0 Å². The molecule has 2 amide bonds. The van der Waals surface area contributed by atoms with Gasteiger partial charge in [-0.05, 0) is 24.6 Å². The SMILES string of the molecule is Cc1ccc(C(F)(F)F)cc1NC(=O)NC[C@H](O)C(=O)O. The first-order chi connectivity index (χ1) is 9.61. The van der Waals surface area contributed by atoms with Crippen molar-refractivity contribution in [3.05, 3.63) is 29.3 Å². The van der Waals surface area contributed by atoms with E-state index in [2.05, 4.69) is 5.32 Å². The molecule has 0 unspecified atom stereocenters. The number of nitrogens with one attached hydrogen (secondary N) is 2. The maximum atomic E-state index is 12.6. The molecule has 0 aliphatic heterocycles. The molecule has 0 saturated carbocycles. The van der Waals surface area contributed by atoms with Crippen molar-refractivity contribution in [1.29, 1.82) is 0 Å². The van der Waals surface area contributed by atoms with Crippen LogP contribution in [0.1, 0.15) is 11.1 Å². The first-order valence-corrected chi connectivity index (χ1v) is 5.75. The second kappa shape index (κ2) is 6.44. The Balaban J connectivity index is 2.74. The van der Waals surface area contributed by atoms with Crippen LogP contribution in [-0.4, -0.2) is 34.9 Å². The lowest BCUT2D eigenvalue weighted by molar-refractivity contribution is -0.146. The number of carboxylic acid groups (broad SMARTS) is 1. The number of aliphatic carboxylic acids is 1. The second-order valence-electron chi connectivity index (χ2n) is 4.22. The summed E-state index contributed by atoms with van der Waals surface area (Å²) in [6, 6.07) is 1.93. The maximum absolute atomic E-state index is 12.6. The van der Waals surface area contributed by atoms with Crippen LogP contribution in [0, 0.1) is 6.92 Å². The Morgan fingerprint density at radius 3 is 2.48 bits per heavy atom. The fourth-order valence-corrected chi connectivity index (χ4v) is 1.38. The Labute approximate surface area is 117 Å². The van der Waals surface area contributed by atoms with Crippen molar-refractivity contribution in [2.75, 3.05) is 11.9 Å². The van der Waals surface area contributed by atoms with Gasteiger partial charge in [-0.1, -0.05) is 6.07 Å². The summed E-state index contributed by atoms with van der Waals surface area (Å²) in [6.07, 6.45) is -6.33. The number of carbonyl (C=O) groups excluding carboxylic acids is 1. The van der Waals surface area contributed by atoms with Crippen molar-refractivity contribution >= 4 is 17.7 Å². The summed E-state index contributed by atoms with van der Waals surface area (Å²) in [6.45, 7) is 0.932. The number of aliphatic hydroxyl groups excluding tert-OH is 1. The fraction of sp³-hybridized carbons (Fsp3) is 0.333. The lowest BCUT2D eigenvalue weighted by atomic mass is 10.1. The highest BCUT2D eigenvalue weighted by atomic mass is 19.4. The van der Waals surface area contributed by atoms with E-state index in [1.807, 2.05) is 5.32 Å². The highest BCUT2D eigenvalue weighted by Crippen LogP contribution is 2.31. The zero-order valence-corrected chi connectivity index (χ0v) is 10.9. The zero-order chi connectivity index (χ0) is 16.2. The molecule has 116 valence electrons. The average Bonchev–Trinajstić information content (AvgIpc) is 2.37. The zero-order valence-electron chi connectivity index (χ0n) is 10.9. The van der Waals surface area contributed by atoms with Crippen LogP contribution in [-0.2, 0) is 11.0 Å². The van der Waals surface area contributed by atoms with Crippen molar-refractivity contribution < 1.29 is 33.0 Å². The van der Waals surface area contributed by atoms with Crippen molar-refractivity contribution in [1.82, 2.24) is 5.32 Å². The van der Waals surface area contributed by atoms with Gasteiger partial charge >= 0.3 is 18.2 Å². The molecule has 0 heterocycles. The second-order valence-corrected chi connectivity index (χ2v) is 4.22. The number of anilines is 1. The monoisotopic (exact) mass is 306 g/mol. The van der Waals surface area contributed by atoms with Gasteiger partial charge in [0, 0.05) is 5.69 Å². The highest BCUT2D eigenvalue weighted by Gasteiger charge is 2.30. The molecule has 1 aromatic rings. The first kappa shape index (κ1) is 16.8. The van der Waals surface area contributed by atoms with Gasteiger partial charge in [-0.2, -0.15) is 13.2 Å². The third-order valence-corrected chi connectivity index (χ3v) is 2.55. The van der Waals surface area contributed by atoms with E-state index >= 15 is 0 Å². The Hall–Kier alpha value is -2.29. The van der Waals surface area contributed by atoms with Gasteiger partial charge in [0.2, 0.25) is 0 Å². The molecule has 0 spiro atoms. The molecular weight excluding hydrogens is 293 g/mol. The Bertz CT molecular complexity index is 546. The standard InChI is InChI=1S/C12H13F3N2O4/c1-6-2-3-7(12(13,14)15)4-8(6)17-11(21)16-5-9(18)10(19)20/h2-4,9,18H,5H2,1H3,(H,19,20)(H2,16,17,21)/t9-/m0/s1. The van der Waals surface area contributed by atoms with Crippen LogP contribution < -0.4 is 10.6 Å². The van der Waals surface area contributed by atoms with Gasteiger partial charge < -0.3 is 20.8 Å². The van der Waals surface area contributed by atoms with E-state index in [0.717, 1.165) is 12.1 Å². The largest absolute Gasteiger partial charge is 0.479 e. The van der Waals surface area contributed by atoms with Crippen molar-refractivity contribution in [3.8, 4) is 0 Å². The lowest BCUT2D eigenvalue weighted by Crippen LogP contribution is -2.38. The number of hydrogen-bond acceptors (Lipinski definition) is 3. The van der Waals surface area contributed by atoms with Crippen LogP contribution >= 0.6 is 0 Å². The van der Waals surface area contributed by atoms with E-state index in [1.54, 1.807) is 0 Å². The number of benzene rings is 1. The molecule has 0 aliphatic carbocycles. The number of alkyl halides is 3. The fourth-order valence-electron chi connectivity index (χ4n) is 1.38. The van der Waals surface area contributed by atoms with Gasteiger partial charge in [0.1, 0.15) is 0 Å². The number of amides is 2. The molecular formula is C12H13F3N2O4. The van der Waals surface area contributed by atoms with Crippen LogP contribution in [0.4, 0.5) is 23.7 Å². The van der Waals surface area contributed by atoms with Crippen LogP contribution in [0.25, 0.3) is 0 Å². The normalized spacial score (nSPS) is 12.6. The van der Waals surface area contributed by atoms with E-state index in [1.165, 1.54) is 13.0 Å². The Morgan fingerprint density at radius 2 is 1.95 bits per heavy atom. The molecule has 0 bridgehead atoms. The molecule has 0 saturated heterocycles. The van der Waals surface area contributed by atoms with Crippen LogP contribution in [0.2, 0.25) is 0 Å². The molecule has 1 atom stereocenters. The number of aliphatic hydroxyl groups is 1. The minimum absolute atomic E-state index is 0.0628. The minimum atomic E-state index is -4.54. The number of halogens is 3. The van der Waals surface area contributed by atoms with Gasteiger partial charge in [-0.25, -0.2) is 9.59 Å². The van der Waals surface area contributed by atoms with E-state index in [-0.39, 0.29) is 5.69 Å². The summed E-state index contributed by atoms with van der Waals surface area (Å²) in [5.74, 6) is -1.52. The lowest BCUT2D eigenvalue weighted by Gasteiger charge is -2.13. The first-order valence-electron chi connectivity index (χ1n) is 5.75. The van der Waals surface area contributed by atoms with Crippen molar-refractivity contribution in [3.63, 3.8) is 0 Å². The van der Waals surface area contributed by atoms with E-state index < -0.39 is 36.4 Å². The van der Waals surface area contributed by atoms with Gasteiger partial charge in [-0.3, -0.25) is 0 Å². The molecule has 1 rings (SSSR count). The number of hydrogen-bond donors (Lipinski definition) is 4. The number of urea groups is 1. The summed E-state index contributed by atoms with van der Waals surface area (Å²) in [4.78, 5) is 21.8. The molecule has 9 heteroatoms. The third-order valence-electron chi connectivity index (χ3n) is 2.55. The maximum Gasteiger partial charge on any atom is 0.416 e. The quantitative estimate of drug-likeness (QED) is 0.679. The minimum Gasteiger partial charge on any atom is -0.479 e. The van der Waals surface area contributed by atoms with Crippen LogP contribution in [0.15, 0.2) is 18.2 Å². The summed E-state index contributed by atoms with van der Waals surface area (Å²) < 4.78 is 37.7. The molecule has 0 fully saturated rings. The molecule has 6 nitrogen and oxygen atoms in total. The van der Waals surface area contributed by atoms with Crippen LogP contribution in [0.5, 0.6) is 0 Å². The van der Waals surface area contributed by atoms with Gasteiger partial charge in [-0.15, -0.1) is 0 Å². The number of aryl methyl sites for hydroxylation is 1. The molecule has 0 aliphatic rings.